The van der Waals surface area contributed by atoms with Crippen LogP contribution in [0.25, 0.3) is 11.1 Å². The van der Waals surface area contributed by atoms with E-state index in [1.165, 1.54) is 0 Å². The first-order chi connectivity index (χ1) is 14.7. The van der Waals surface area contributed by atoms with Crippen molar-refractivity contribution in [1.82, 2.24) is 4.98 Å². The molecule has 150 valence electrons. The fourth-order valence-corrected chi connectivity index (χ4v) is 3.54. The molecule has 0 spiro atoms. The normalized spacial score (nSPS) is 12.5. The van der Waals surface area contributed by atoms with Crippen LogP contribution in [-0.2, 0) is 11.2 Å². The summed E-state index contributed by atoms with van der Waals surface area (Å²) in [6.45, 7) is 0.910. The third-order valence-electron chi connectivity index (χ3n) is 5.12. The van der Waals surface area contributed by atoms with E-state index in [0.717, 1.165) is 22.4 Å². The molecule has 4 rings (SSSR count). The fraction of sp³-hybridized carbons (Fsp3) is 0.208. The lowest BCUT2D eigenvalue weighted by Gasteiger charge is -2.30. The molecule has 1 aromatic heterocycles. The van der Waals surface area contributed by atoms with Gasteiger partial charge < -0.3 is 14.4 Å². The number of hydrogen-bond acceptors (Lipinski definition) is 5. The molecule has 0 fully saturated rings. The summed E-state index contributed by atoms with van der Waals surface area (Å²) in [6, 6.07) is 17.1. The van der Waals surface area contributed by atoms with E-state index in [-0.39, 0.29) is 5.91 Å². The number of pyridine rings is 1. The van der Waals surface area contributed by atoms with Crippen molar-refractivity contribution < 1.29 is 14.3 Å². The number of hydrogen-bond donors (Lipinski definition) is 0. The second-order valence-electron chi connectivity index (χ2n) is 6.97. The van der Waals surface area contributed by atoms with Gasteiger partial charge in [0, 0.05) is 18.2 Å². The molecule has 6 heteroatoms. The Balaban J connectivity index is 1.56. The number of nitriles is 1. The van der Waals surface area contributed by atoms with Crippen molar-refractivity contribution in [3.8, 4) is 28.7 Å². The lowest BCUT2D eigenvalue weighted by Crippen LogP contribution is -2.38. The number of benzene rings is 2. The molecule has 0 N–H and O–H groups in total. The quantitative estimate of drug-likeness (QED) is 0.649. The summed E-state index contributed by atoms with van der Waals surface area (Å²) in [5.41, 5.74) is 4.03. The first-order valence-electron chi connectivity index (χ1n) is 9.74. The predicted molar refractivity (Wildman–Crippen MR) is 114 cm³/mol. The van der Waals surface area contributed by atoms with Crippen molar-refractivity contribution in [3.05, 3.63) is 72.1 Å². The number of ether oxygens (including phenoxy) is 2. The maximum absolute atomic E-state index is 13.0. The molecule has 2 heterocycles. The second kappa shape index (κ2) is 8.66. The van der Waals surface area contributed by atoms with Gasteiger partial charge in [-0.25, -0.2) is 0 Å². The van der Waals surface area contributed by atoms with Gasteiger partial charge >= 0.3 is 0 Å². The van der Waals surface area contributed by atoms with E-state index < -0.39 is 0 Å². The largest absolute Gasteiger partial charge is 0.497 e. The Bertz CT molecular complexity index is 1100. The van der Waals surface area contributed by atoms with Gasteiger partial charge in [-0.3, -0.25) is 9.78 Å². The number of methoxy groups -OCH3 is 1. The summed E-state index contributed by atoms with van der Waals surface area (Å²) < 4.78 is 11.2. The van der Waals surface area contributed by atoms with Crippen LogP contribution >= 0.6 is 0 Å². The molecule has 3 aromatic rings. The molecule has 0 radical (unpaired) electrons. The third kappa shape index (κ3) is 3.96. The Morgan fingerprint density at radius 1 is 1.23 bits per heavy atom. The van der Waals surface area contributed by atoms with E-state index in [4.69, 9.17) is 14.7 Å². The zero-order chi connectivity index (χ0) is 20.9. The van der Waals surface area contributed by atoms with Crippen LogP contribution in [-0.4, -0.2) is 31.2 Å². The van der Waals surface area contributed by atoms with Crippen LogP contribution < -0.4 is 14.4 Å². The molecule has 2 aromatic carbocycles. The van der Waals surface area contributed by atoms with Crippen molar-refractivity contribution in [3.63, 3.8) is 0 Å². The van der Waals surface area contributed by atoms with Gasteiger partial charge in [0.2, 0.25) is 5.91 Å². The van der Waals surface area contributed by atoms with Gasteiger partial charge in [0.15, 0.2) is 5.75 Å². The van der Waals surface area contributed by atoms with Gasteiger partial charge in [0.1, 0.15) is 18.0 Å². The van der Waals surface area contributed by atoms with Crippen molar-refractivity contribution in [1.29, 1.82) is 5.26 Å². The number of carbonyl (C=O) groups is 1. The number of aromatic nitrogens is 1. The number of carbonyl (C=O) groups excluding carboxylic acids is 1. The minimum atomic E-state index is 0.0288. The van der Waals surface area contributed by atoms with Gasteiger partial charge in [-0.2, -0.15) is 5.26 Å². The van der Waals surface area contributed by atoms with E-state index in [2.05, 4.69) is 11.1 Å². The highest BCUT2D eigenvalue weighted by molar-refractivity contribution is 5.97. The van der Waals surface area contributed by atoms with Crippen LogP contribution in [0, 0.1) is 11.3 Å². The minimum Gasteiger partial charge on any atom is -0.497 e. The highest BCUT2D eigenvalue weighted by Crippen LogP contribution is 2.40. The molecule has 6 nitrogen and oxygen atoms in total. The van der Waals surface area contributed by atoms with E-state index in [1.807, 2.05) is 36.4 Å². The third-order valence-corrected chi connectivity index (χ3v) is 5.12. The van der Waals surface area contributed by atoms with Crippen LogP contribution in [0.1, 0.15) is 17.5 Å². The fourth-order valence-electron chi connectivity index (χ4n) is 3.54. The first kappa shape index (κ1) is 19.5. The number of fused-ring (bicyclic) bond motifs is 1. The van der Waals surface area contributed by atoms with Crippen molar-refractivity contribution in [2.24, 2.45) is 0 Å². The lowest BCUT2D eigenvalue weighted by molar-refractivity contribution is -0.118. The van der Waals surface area contributed by atoms with Gasteiger partial charge in [-0.05, 0) is 41.8 Å². The number of rotatable bonds is 5. The van der Waals surface area contributed by atoms with Crippen LogP contribution in [0.15, 0.2) is 60.9 Å². The maximum atomic E-state index is 13.0. The molecule has 0 saturated heterocycles. The van der Waals surface area contributed by atoms with E-state index in [0.29, 0.717) is 43.0 Å². The van der Waals surface area contributed by atoms with Gasteiger partial charge in [0.05, 0.1) is 31.5 Å². The first-order valence-corrected chi connectivity index (χ1v) is 9.74. The molecule has 0 bridgehead atoms. The zero-order valence-electron chi connectivity index (χ0n) is 16.7. The zero-order valence-corrected chi connectivity index (χ0v) is 16.7. The number of amides is 1. The topological polar surface area (TPSA) is 75.4 Å². The van der Waals surface area contributed by atoms with Crippen molar-refractivity contribution in [2.45, 2.75) is 12.8 Å². The summed E-state index contributed by atoms with van der Waals surface area (Å²) in [6.07, 6.45) is 4.41. The Labute approximate surface area is 175 Å². The smallest absolute Gasteiger partial charge is 0.227 e. The Morgan fingerprint density at radius 2 is 2.07 bits per heavy atom. The maximum Gasteiger partial charge on any atom is 0.227 e. The minimum absolute atomic E-state index is 0.0288. The van der Waals surface area contributed by atoms with Crippen LogP contribution in [0.4, 0.5) is 5.69 Å². The average molecular weight is 399 g/mol. The summed E-state index contributed by atoms with van der Waals surface area (Å²) >= 11 is 0. The molecule has 0 aliphatic carbocycles. The summed E-state index contributed by atoms with van der Waals surface area (Å²) in [5.74, 6) is 1.46. The predicted octanol–water partition coefficient (Wildman–Crippen LogP) is 3.99. The monoisotopic (exact) mass is 399 g/mol. The molecule has 30 heavy (non-hydrogen) atoms. The summed E-state index contributed by atoms with van der Waals surface area (Å²) in [5, 5.41) is 9.01. The average Bonchev–Trinajstić information content (AvgIpc) is 2.82. The number of aryl methyl sites for hydroxylation is 1. The Morgan fingerprint density at radius 3 is 2.83 bits per heavy atom. The molecule has 1 amide bonds. The van der Waals surface area contributed by atoms with Crippen LogP contribution in [0.2, 0.25) is 0 Å². The van der Waals surface area contributed by atoms with Crippen molar-refractivity contribution >= 4 is 11.6 Å². The van der Waals surface area contributed by atoms with E-state index >= 15 is 0 Å². The molecule has 1 aliphatic rings. The molecular formula is C24H21N3O3. The molecule has 0 saturated carbocycles. The Kier molecular flexibility index (Phi) is 5.62. The highest BCUT2D eigenvalue weighted by atomic mass is 16.5. The molecular weight excluding hydrogens is 378 g/mol. The number of anilines is 1. The standard InChI is InChI=1S/C24H21N3O3/c1-29-20-4-2-3-17(13-20)7-10-23(28)27-11-12-30-24-21(15-26-16-22(24)27)19-8-5-18(14-25)6-9-19/h2-6,8-9,13,15-16H,7,10-12H2,1H3. The van der Waals surface area contributed by atoms with Crippen LogP contribution in [0.3, 0.4) is 0 Å². The second-order valence-corrected chi connectivity index (χ2v) is 6.97. The molecule has 1 aliphatic heterocycles. The van der Waals surface area contributed by atoms with E-state index in [9.17, 15) is 4.79 Å². The molecule has 0 atom stereocenters. The van der Waals surface area contributed by atoms with Crippen LogP contribution in [0.5, 0.6) is 11.5 Å². The SMILES string of the molecule is COc1cccc(CCC(=O)N2CCOc3c(-c4ccc(C#N)cc4)cncc32)c1. The number of nitrogens with zero attached hydrogens (tertiary/aromatic N) is 3. The van der Waals surface area contributed by atoms with Crippen molar-refractivity contribution in [2.75, 3.05) is 25.2 Å². The highest BCUT2D eigenvalue weighted by Gasteiger charge is 2.26. The summed E-state index contributed by atoms with van der Waals surface area (Å²) in [4.78, 5) is 19.1. The van der Waals surface area contributed by atoms with Gasteiger partial charge in [0.25, 0.3) is 0 Å². The van der Waals surface area contributed by atoms with E-state index in [1.54, 1.807) is 36.5 Å². The molecule has 0 unspecified atom stereocenters. The van der Waals surface area contributed by atoms with Gasteiger partial charge in [-0.15, -0.1) is 0 Å². The lowest BCUT2D eigenvalue weighted by atomic mass is 10.0. The summed E-state index contributed by atoms with van der Waals surface area (Å²) in [7, 11) is 1.63. The van der Waals surface area contributed by atoms with Gasteiger partial charge in [-0.1, -0.05) is 24.3 Å². The Hall–Kier alpha value is -3.85.